The van der Waals surface area contributed by atoms with Crippen molar-refractivity contribution in [3.63, 3.8) is 0 Å². The summed E-state index contributed by atoms with van der Waals surface area (Å²) in [6.45, 7) is 0.00330. The summed E-state index contributed by atoms with van der Waals surface area (Å²) in [5, 5.41) is 8.71. The molecule has 1 N–H and O–H groups in total. The van der Waals surface area contributed by atoms with Gasteiger partial charge in [-0.3, -0.25) is 0 Å². The number of carboxylic acid groups (broad SMARTS) is 1. The van der Waals surface area contributed by atoms with Gasteiger partial charge in [0.2, 0.25) is 10.0 Å². The lowest BCUT2D eigenvalue weighted by Crippen LogP contribution is -2.31. The molecule has 0 bridgehead atoms. The molecule has 8 heteroatoms. The van der Waals surface area contributed by atoms with Gasteiger partial charge >= 0.3 is 5.97 Å². The number of aliphatic carboxylic acids is 1. The normalized spacial score (nSPS) is 20.1. The second-order valence-electron chi connectivity index (χ2n) is 4.41. The monoisotopic (exact) mass is 319 g/mol. The number of nitrogens with zero attached hydrogens (tertiary/aromatic N) is 1. The van der Waals surface area contributed by atoms with E-state index in [9.17, 15) is 13.2 Å². The van der Waals surface area contributed by atoms with E-state index in [2.05, 4.69) is 0 Å². The van der Waals surface area contributed by atoms with E-state index >= 15 is 0 Å². The third kappa shape index (κ3) is 3.29. The summed E-state index contributed by atoms with van der Waals surface area (Å²) >= 11 is 5.91. The summed E-state index contributed by atoms with van der Waals surface area (Å²) in [4.78, 5) is 10.5. The number of hydrogen-bond donors (Lipinski definition) is 1. The first-order valence-corrected chi connectivity index (χ1v) is 7.81. The molecule has 1 aliphatic rings. The van der Waals surface area contributed by atoms with E-state index in [1.54, 1.807) is 12.1 Å². The summed E-state index contributed by atoms with van der Waals surface area (Å²) < 4.78 is 31.2. The Bertz CT molecular complexity index is 604. The Hall–Kier alpha value is -1.15. The maximum Gasteiger partial charge on any atom is 0.329 e. The molecule has 1 saturated heterocycles. The van der Waals surface area contributed by atoms with E-state index in [4.69, 9.17) is 21.4 Å². The first kappa shape index (κ1) is 15.2. The van der Waals surface area contributed by atoms with Gasteiger partial charge in [0.05, 0.1) is 11.1 Å². The first-order chi connectivity index (χ1) is 9.41. The smallest absolute Gasteiger partial charge is 0.329 e. The molecule has 2 rings (SSSR count). The largest absolute Gasteiger partial charge is 0.480 e. The number of sulfonamides is 1. The quantitative estimate of drug-likeness (QED) is 0.881. The number of hydrogen-bond acceptors (Lipinski definition) is 4. The summed E-state index contributed by atoms with van der Waals surface area (Å²) in [5.41, 5.74) is 0. The first-order valence-electron chi connectivity index (χ1n) is 5.99. The van der Waals surface area contributed by atoms with Gasteiger partial charge in [0.25, 0.3) is 0 Å². The number of carbonyl (C=O) groups is 1. The molecule has 0 spiro atoms. The molecule has 6 nitrogen and oxygen atoms in total. The zero-order valence-corrected chi connectivity index (χ0v) is 12.1. The van der Waals surface area contributed by atoms with Gasteiger partial charge in [-0.05, 0) is 18.6 Å². The lowest BCUT2D eigenvalue weighted by Gasteiger charge is -2.17. The molecule has 0 radical (unpaired) electrons. The molecule has 0 unspecified atom stereocenters. The van der Waals surface area contributed by atoms with Crippen molar-refractivity contribution in [1.82, 2.24) is 4.31 Å². The third-order valence-corrected chi connectivity index (χ3v) is 5.37. The van der Waals surface area contributed by atoms with Crippen molar-refractivity contribution < 1.29 is 23.1 Å². The van der Waals surface area contributed by atoms with Crippen molar-refractivity contribution in [2.24, 2.45) is 0 Å². The molecule has 1 aromatic carbocycles. The number of benzene rings is 1. The predicted octanol–water partition coefficient (Wildman–Crippen LogP) is 1.20. The summed E-state index contributed by atoms with van der Waals surface area (Å²) in [7, 11) is -3.67. The molecule has 1 atom stereocenters. The van der Waals surface area contributed by atoms with Crippen LogP contribution in [0.5, 0.6) is 0 Å². The van der Waals surface area contributed by atoms with Crippen LogP contribution in [0.3, 0.4) is 0 Å². The lowest BCUT2D eigenvalue weighted by atomic mass is 10.3. The molecular formula is C12H14ClNO5S. The van der Waals surface area contributed by atoms with Gasteiger partial charge in [-0.2, -0.15) is 4.31 Å². The topological polar surface area (TPSA) is 83.9 Å². The van der Waals surface area contributed by atoms with E-state index in [0.717, 1.165) is 0 Å². The number of rotatable bonds is 5. The molecule has 1 heterocycles. The Balaban J connectivity index is 2.09. The Morgan fingerprint density at radius 2 is 2.15 bits per heavy atom. The minimum Gasteiger partial charge on any atom is -0.480 e. The van der Waals surface area contributed by atoms with Gasteiger partial charge in [0.15, 0.2) is 0 Å². The number of ether oxygens (including phenoxy) is 1. The SMILES string of the molecule is O=C(O)CO[C@@H]1CCN(S(=O)(=O)c2ccccc2Cl)C1. The Morgan fingerprint density at radius 1 is 1.45 bits per heavy atom. The average Bonchev–Trinajstić information content (AvgIpc) is 2.86. The highest BCUT2D eigenvalue weighted by Gasteiger charge is 2.34. The summed E-state index contributed by atoms with van der Waals surface area (Å²) in [6.07, 6.45) is 0.0695. The van der Waals surface area contributed by atoms with Gasteiger partial charge < -0.3 is 9.84 Å². The fraction of sp³-hybridized carbons (Fsp3) is 0.417. The van der Waals surface area contributed by atoms with Crippen LogP contribution in [0.1, 0.15) is 6.42 Å². The van der Waals surface area contributed by atoms with Crippen LogP contribution in [-0.4, -0.2) is 49.6 Å². The third-order valence-electron chi connectivity index (χ3n) is 3.00. The number of carboxylic acids is 1. The highest BCUT2D eigenvalue weighted by molar-refractivity contribution is 7.89. The highest BCUT2D eigenvalue weighted by Crippen LogP contribution is 2.27. The fourth-order valence-corrected chi connectivity index (χ4v) is 4.01. The van der Waals surface area contributed by atoms with E-state index in [-0.39, 0.29) is 23.0 Å². The van der Waals surface area contributed by atoms with E-state index in [1.807, 2.05) is 0 Å². The van der Waals surface area contributed by atoms with Crippen molar-refractivity contribution in [1.29, 1.82) is 0 Å². The van der Waals surface area contributed by atoms with Crippen LogP contribution in [0.15, 0.2) is 29.2 Å². The average molecular weight is 320 g/mol. The molecule has 1 fully saturated rings. The predicted molar refractivity (Wildman–Crippen MR) is 72.2 cm³/mol. The zero-order chi connectivity index (χ0) is 14.8. The van der Waals surface area contributed by atoms with Gasteiger partial charge in [0, 0.05) is 13.1 Å². The Labute approximate surface area is 122 Å². The summed E-state index contributed by atoms with van der Waals surface area (Å²) in [5.74, 6) is -1.07. The minimum absolute atomic E-state index is 0.0561. The molecule has 110 valence electrons. The Morgan fingerprint density at radius 3 is 2.80 bits per heavy atom. The van der Waals surface area contributed by atoms with Crippen molar-refractivity contribution in [3.8, 4) is 0 Å². The maximum atomic E-state index is 12.4. The molecule has 20 heavy (non-hydrogen) atoms. The minimum atomic E-state index is -3.67. The van der Waals surface area contributed by atoms with Crippen molar-refractivity contribution in [2.45, 2.75) is 17.4 Å². The van der Waals surface area contributed by atoms with Crippen LogP contribution in [0.4, 0.5) is 0 Å². The zero-order valence-electron chi connectivity index (χ0n) is 10.5. The second kappa shape index (κ2) is 6.09. The van der Waals surface area contributed by atoms with Gasteiger partial charge in [-0.1, -0.05) is 23.7 Å². The van der Waals surface area contributed by atoms with Crippen LogP contribution in [-0.2, 0) is 19.6 Å². The molecule has 0 saturated carbocycles. The van der Waals surface area contributed by atoms with Crippen LogP contribution in [0.25, 0.3) is 0 Å². The van der Waals surface area contributed by atoms with Crippen LogP contribution in [0, 0.1) is 0 Å². The molecule has 0 aliphatic carbocycles. The Kier molecular flexibility index (Phi) is 4.64. The maximum absolute atomic E-state index is 12.4. The fourth-order valence-electron chi connectivity index (χ4n) is 2.03. The van der Waals surface area contributed by atoms with Crippen molar-refractivity contribution in [3.05, 3.63) is 29.3 Å². The molecular weight excluding hydrogens is 306 g/mol. The van der Waals surface area contributed by atoms with Gasteiger partial charge in [-0.15, -0.1) is 0 Å². The van der Waals surface area contributed by atoms with Crippen LogP contribution < -0.4 is 0 Å². The molecule has 1 aliphatic heterocycles. The van der Waals surface area contributed by atoms with Crippen molar-refractivity contribution in [2.75, 3.05) is 19.7 Å². The van der Waals surface area contributed by atoms with Crippen molar-refractivity contribution >= 4 is 27.6 Å². The standard InChI is InChI=1S/C12H14ClNO5S/c13-10-3-1-2-4-11(10)20(17,18)14-6-5-9(7-14)19-8-12(15)16/h1-4,9H,5-8H2,(H,15,16)/t9-/m1/s1. The van der Waals surface area contributed by atoms with E-state index in [1.165, 1.54) is 16.4 Å². The van der Waals surface area contributed by atoms with Gasteiger partial charge in [-0.25, -0.2) is 13.2 Å². The highest BCUT2D eigenvalue weighted by atomic mass is 35.5. The molecule has 0 amide bonds. The molecule has 0 aromatic heterocycles. The van der Waals surface area contributed by atoms with E-state index < -0.39 is 28.7 Å². The lowest BCUT2D eigenvalue weighted by molar-refractivity contribution is -0.144. The van der Waals surface area contributed by atoms with E-state index in [0.29, 0.717) is 6.42 Å². The van der Waals surface area contributed by atoms with Crippen LogP contribution >= 0.6 is 11.6 Å². The molecule has 1 aromatic rings. The number of halogens is 1. The van der Waals surface area contributed by atoms with Crippen LogP contribution in [0.2, 0.25) is 5.02 Å². The van der Waals surface area contributed by atoms with Gasteiger partial charge in [0.1, 0.15) is 11.5 Å². The summed E-state index contributed by atoms with van der Waals surface area (Å²) in [6, 6.07) is 6.23. The second-order valence-corrected chi connectivity index (χ2v) is 6.72.